The smallest absolute Gasteiger partial charge is 0.453 e. The van der Waals surface area contributed by atoms with Crippen molar-refractivity contribution in [2.45, 2.75) is 32.9 Å². The molecule has 3 N–H and O–H groups in total. The Labute approximate surface area is 138 Å². The fraction of sp³-hybridized carbons (Fsp3) is 0.429. The lowest BCUT2D eigenvalue weighted by Gasteiger charge is -2.10. The molecule has 0 atom stereocenters. The van der Waals surface area contributed by atoms with Crippen molar-refractivity contribution in [2.75, 3.05) is 12.4 Å². The molecule has 0 unspecified atom stereocenters. The number of aryl methyl sites for hydroxylation is 1. The standard InChI is InChI=1S/C14H20N3O6P/c1-3-4-5-10-6-7-12-11(8-10)15-13(16-14(18)22-2)17(12)9-23-24(19,20)21/h6-8H,3-5,9H2,1-2H3,(H,15,16,18)(H2,19,20,21). The average Bonchev–Trinajstić information content (AvgIpc) is 2.86. The number of methoxy groups -OCH3 is 1. The van der Waals surface area contributed by atoms with Crippen molar-refractivity contribution in [1.82, 2.24) is 9.55 Å². The summed E-state index contributed by atoms with van der Waals surface area (Å²) in [5, 5.41) is 2.41. The molecular formula is C14H20N3O6P. The van der Waals surface area contributed by atoms with Crippen molar-refractivity contribution in [3.05, 3.63) is 23.8 Å². The zero-order valence-electron chi connectivity index (χ0n) is 13.4. The number of fused-ring (bicyclic) bond motifs is 1. The Morgan fingerprint density at radius 2 is 2.17 bits per heavy atom. The second-order valence-electron chi connectivity index (χ2n) is 5.16. The summed E-state index contributed by atoms with van der Waals surface area (Å²) in [7, 11) is -3.46. The number of benzene rings is 1. The van der Waals surface area contributed by atoms with Crippen LogP contribution in [0.3, 0.4) is 0 Å². The molecule has 0 radical (unpaired) electrons. The van der Waals surface area contributed by atoms with Crippen molar-refractivity contribution in [3.63, 3.8) is 0 Å². The Hall–Kier alpha value is -1.93. The van der Waals surface area contributed by atoms with Crippen LogP contribution in [-0.4, -0.2) is 32.5 Å². The molecule has 0 fully saturated rings. The minimum absolute atomic E-state index is 0.0814. The van der Waals surface area contributed by atoms with Gasteiger partial charge < -0.3 is 14.5 Å². The van der Waals surface area contributed by atoms with Crippen LogP contribution in [0, 0.1) is 0 Å². The van der Waals surface area contributed by atoms with Gasteiger partial charge in [-0.2, -0.15) is 0 Å². The highest BCUT2D eigenvalue weighted by molar-refractivity contribution is 7.46. The van der Waals surface area contributed by atoms with Gasteiger partial charge in [0.25, 0.3) is 0 Å². The first-order chi connectivity index (χ1) is 11.3. The molecule has 0 aliphatic rings. The molecule has 0 saturated carbocycles. The fourth-order valence-corrected chi connectivity index (χ4v) is 2.48. The van der Waals surface area contributed by atoms with Gasteiger partial charge >= 0.3 is 13.9 Å². The number of hydrogen-bond donors (Lipinski definition) is 3. The molecule has 0 spiro atoms. The summed E-state index contributed by atoms with van der Waals surface area (Å²) in [6.45, 7) is 1.64. The van der Waals surface area contributed by atoms with Gasteiger partial charge in [-0.15, -0.1) is 0 Å². The SMILES string of the molecule is CCCCc1ccc2c(c1)nc(NC(=O)OC)n2COP(=O)(O)O. The highest BCUT2D eigenvalue weighted by Gasteiger charge is 2.19. The van der Waals surface area contributed by atoms with Gasteiger partial charge in [0.05, 0.1) is 18.1 Å². The van der Waals surface area contributed by atoms with E-state index in [1.165, 1.54) is 11.7 Å². The molecule has 132 valence electrons. The number of aromatic nitrogens is 2. The summed E-state index contributed by atoms with van der Waals surface area (Å²) in [6.07, 6.45) is 2.27. The van der Waals surface area contributed by atoms with Crippen LogP contribution in [-0.2, 0) is 27.0 Å². The monoisotopic (exact) mass is 357 g/mol. The first-order valence-electron chi connectivity index (χ1n) is 7.38. The zero-order valence-corrected chi connectivity index (χ0v) is 14.3. The first kappa shape index (κ1) is 18.4. The number of imidazole rings is 1. The van der Waals surface area contributed by atoms with Crippen LogP contribution >= 0.6 is 7.82 Å². The lowest BCUT2D eigenvalue weighted by atomic mass is 10.1. The molecule has 0 bridgehead atoms. The number of nitrogens with zero attached hydrogens (tertiary/aromatic N) is 2. The molecule has 1 amide bonds. The van der Waals surface area contributed by atoms with Crippen LogP contribution in [0.25, 0.3) is 11.0 Å². The van der Waals surface area contributed by atoms with Gasteiger partial charge in [0.2, 0.25) is 5.95 Å². The molecule has 2 rings (SSSR count). The number of carbonyl (C=O) groups is 1. The van der Waals surface area contributed by atoms with Crippen molar-refractivity contribution < 1.29 is 28.4 Å². The second kappa shape index (κ2) is 7.76. The van der Waals surface area contributed by atoms with Crippen LogP contribution in [0.15, 0.2) is 18.2 Å². The predicted octanol–water partition coefficient (Wildman–Crippen LogP) is 2.62. The van der Waals surface area contributed by atoms with Gasteiger partial charge in [0.1, 0.15) is 6.73 Å². The minimum Gasteiger partial charge on any atom is -0.453 e. The number of phosphoric acid groups is 1. The van der Waals surface area contributed by atoms with E-state index in [2.05, 4.69) is 26.5 Å². The number of amides is 1. The third kappa shape index (κ3) is 4.78. The van der Waals surface area contributed by atoms with Gasteiger partial charge in [-0.05, 0) is 30.5 Å². The van der Waals surface area contributed by atoms with Crippen LogP contribution in [0.5, 0.6) is 0 Å². The lowest BCUT2D eigenvalue weighted by molar-refractivity contribution is 0.157. The summed E-state index contributed by atoms with van der Waals surface area (Å²) >= 11 is 0. The van der Waals surface area contributed by atoms with Crippen molar-refractivity contribution in [3.8, 4) is 0 Å². The van der Waals surface area contributed by atoms with Crippen LogP contribution in [0.2, 0.25) is 0 Å². The number of unbranched alkanes of at least 4 members (excludes halogenated alkanes) is 1. The summed E-state index contributed by atoms with van der Waals surface area (Å²) in [4.78, 5) is 33.5. The second-order valence-corrected chi connectivity index (χ2v) is 6.39. The van der Waals surface area contributed by atoms with Gasteiger partial charge in [-0.3, -0.25) is 14.4 Å². The zero-order chi connectivity index (χ0) is 17.7. The molecule has 9 nitrogen and oxygen atoms in total. The number of anilines is 1. The Kier molecular flexibility index (Phi) is 5.95. The lowest BCUT2D eigenvalue weighted by Crippen LogP contribution is -2.16. The number of phosphoric ester groups is 1. The minimum atomic E-state index is -4.66. The Balaban J connectivity index is 2.39. The maximum Gasteiger partial charge on any atom is 0.471 e. The van der Waals surface area contributed by atoms with E-state index in [1.54, 1.807) is 6.07 Å². The van der Waals surface area contributed by atoms with E-state index < -0.39 is 20.6 Å². The molecule has 0 aliphatic carbocycles. The van der Waals surface area contributed by atoms with E-state index in [-0.39, 0.29) is 5.95 Å². The maximum atomic E-state index is 11.4. The summed E-state index contributed by atoms with van der Waals surface area (Å²) in [6, 6.07) is 5.57. The van der Waals surface area contributed by atoms with E-state index >= 15 is 0 Å². The third-order valence-electron chi connectivity index (χ3n) is 3.39. The van der Waals surface area contributed by atoms with E-state index in [1.807, 2.05) is 12.1 Å². The van der Waals surface area contributed by atoms with E-state index in [0.717, 1.165) is 24.8 Å². The average molecular weight is 357 g/mol. The molecule has 2 aromatic rings. The highest BCUT2D eigenvalue weighted by atomic mass is 31.2. The molecule has 24 heavy (non-hydrogen) atoms. The Bertz CT molecular complexity index is 769. The topological polar surface area (TPSA) is 123 Å². The molecule has 0 aliphatic heterocycles. The van der Waals surface area contributed by atoms with Gasteiger partial charge in [0.15, 0.2) is 0 Å². The van der Waals surface area contributed by atoms with Crippen LogP contribution < -0.4 is 5.32 Å². The molecule has 1 aromatic heterocycles. The normalized spacial score (nSPS) is 11.7. The summed E-state index contributed by atoms with van der Waals surface area (Å²) in [5.74, 6) is 0.0814. The fourth-order valence-electron chi connectivity index (χ4n) is 2.21. The molecule has 0 saturated heterocycles. The summed E-state index contributed by atoms with van der Waals surface area (Å²) in [5.41, 5.74) is 2.26. The maximum absolute atomic E-state index is 11.4. The third-order valence-corrected chi connectivity index (χ3v) is 3.84. The molecule has 1 aromatic carbocycles. The number of nitrogens with one attached hydrogen (secondary N) is 1. The predicted molar refractivity (Wildman–Crippen MR) is 87.5 cm³/mol. The van der Waals surface area contributed by atoms with Crippen LogP contribution in [0.1, 0.15) is 25.3 Å². The summed E-state index contributed by atoms with van der Waals surface area (Å²) < 4.78 is 21.4. The van der Waals surface area contributed by atoms with Crippen LogP contribution in [0.4, 0.5) is 10.7 Å². The van der Waals surface area contributed by atoms with E-state index in [0.29, 0.717) is 11.0 Å². The number of rotatable bonds is 7. The van der Waals surface area contributed by atoms with E-state index in [9.17, 15) is 9.36 Å². The Morgan fingerprint density at radius 1 is 1.42 bits per heavy atom. The quantitative estimate of drug-likeness (QED) is 0.651. The van der Waals surface area contributed by atoms with Crippen molar-refractivity contribution in [1.29, 1.82) is 0 Å². The first-order valence-corrected chi connectivity index (χ1v) is 8.91. The molecule has 1 heterocycles. The van der Waals surface area contributed by atoms with Gasteiger partial charge in [0, 0.05) is 0 Å². The van der Waals surface area contributed by atoms with Gasteiger partial charge in [-0.25, -0.2) is 14.3 Å². The van der Waals surface area contributed by atoms with Crippen molar-refractivity contribution in [2.24, 2.45) is 0 Å². The molecular weight excluding hydrogens is 337 g/mol. The number of ether oxygens (including phenoxy) is 1. The Morgan fingerprint density at radius 3 is 2.79 bits per heavy atom. The highest BCUT2D eigenvalue weighted by Crippen LogP contribution is 2.37. The van der Waals surface area contributed by atoms with Crippen molar-refractivity contribution >= 4 is 30.9 Å². The number of hydrogen-bond acceptors (Lipinski definition) is 5. The largest absolute Gasteiger partial charge is 0.471 e. The van der Waals surface area contributed by atoms with Gasteiger partial charge in [-0.1, -0.05) is 19.4 Å². The number of carbonyl (C=O) groups excluding carboxylic acids is 1. The molecule has 10 heteroatoms. The van der Waals surface area contributed by atoms with E-state index in [4.69, 9.17) is 9.79 Å².